The van der Waals surface area contributed by atoms with Gasteiger partial charge in [-0.15, -0.1) is 0 Å². The van der Waals surface area contributed by atoms with E-state index in [4.69, 9.17) is 26.4 Å². The lowest BCUT2D eigenvalue weighted by molar-refractivity contribution is -0.145. The summed E-state index contributed by atoms with van der Waals surface area (Å²) in [6.45, 7) is 6.63. The number of methoxy groups -OCH3 is 2. The minimum absolute atomic E-state index is 0.397. The molecule has 1 aliphatic heterocycles. The minimum atomic E-state index is -0.639. The molecule has 6 nitrogen and oxygen atoms in total. The van der Waals surface area contributed by atoms with E-state index in [-0.39, 0.29) is 0 Å². The summed E-state index contributed by atoms with van der Waals surface area (Å²) < 4.78 is 17.0. The van der Waals surface area contributed by atoms with Crippen LogP contribution in [0.2, 0.25) is 0 Å². The Hall–Kier alpha value is -1.80. The molecule has 0 aliphatic carbocycles. The van der Waals surface area contributed by atoms with Gasteiger partial charge in [-0.1, -0.05) is 35.9 Å². The Morgan fingerprint density at radius 2 is 2.08 bits per heavy atom. The van der Waals surface area contributed by atoms with Crippen LogP contribution in [-0.4, -0.2) is 31.9 Å². The molecule has 8 heteroatoms. The summed E-state index contributed by atoms with van der Waals surface area (Å²) in [7, 11) is 2.93. The van der Waals surface area contributed by atoms with Crippen LogP contribution >= 0.6 is 28.1 Å². The Balaban J connectivity index is 2.42. The molecule has 1 aromatic carbocycles. The van der Waals surface area contributed by atoms with Crippen LogP contribution in [-0.2, 0) is 9.53 Å². The van der Waals surface area contributed by atoms with Gasteiger partial charge < -0.3 is 24.8 Å². The van der Waals surface area contributed by atoms with Gasteiger partial charge in [0.15, 0.2) is 16.6 Å². The van der Waals surface area contributed by atoms with Crippen LogP contribution in [0.1, 0.15) is 31.4 Å². The van der Waals surface area contributed by atoms with Crippen LogP contribution in [0.15, 0.2) is 28.9 Å². The number of hydrogen-bond donors (Lipinski definition) is 2. The third-order valence-electron chi connectivity index (χ3n) is 4.10. The highest BCUT2D eigenvalue weighted by Crippen LogP contribution is 2.40. The average Bonchev–Trinajstić information content (AvgIpc) is 2.61. The summed E-state index contributed by atoms with van der Waals surface area (Å²) >= 11 is 8.80. The number of nitrogens with one attached hydrogen (secondary N) is 2. The van der Waals surface area contributed by atoms with Crippen molar-refractivity contribution in [3.05, 3.63) is 34.4 Å². The van der Waals surface area contributed by atoms with Gasteiger partial charge in [0, 0.05) is 10.2 Å². The Bertz CT molecular complexity index is 711. The molecule has 0 saturated carbocycles. The third-order valence-corrected chi connectivity index (χ3v) is 5.00. The maximum atomic E-state index is 12.3. The lowest BCUT2D eigenvalue weighted by Crippen LogP contribution is -2.50. The van der Waals surface area contributed by atoms with Crippen LogP contribution in [0, 0.1) is 5.92 Å². The van der Waals surface area contributed by atoms with Crippen molar-refractivity contribution in [2.24, 2.45) is 5.92 Å². The molecule has 0 radical (unpaired) electrons. The van der Waals surface area contributed by atoms with E-state index in [1.165, 1.54) is 7.11 Å². The molecule has 142 valence electrons. The van der Waals surface area contributed by atoms with E-state index in [2.05, 4.69) is 40.1 Å². The smallest absolute Gasteiger partial charge is 0.317 e. The van der Waals surface area contributed by atoms with E-state index >= 15 is 0 Å². The van der Waals surface area contributed by atoms with Gasteiger partial charge in [-0.25, -0.2) is 0 Å². The second kappa shape index (κ2) is 9.23. The summed E-state index contributed by atoms with van der Waals surface area (Å²) in [6.07, 6.45) is 2.00. The van der Waals surface area contributed by atoms with Crippen molar-refractivity contribution < 1.29 is 19.0 Å². The molecule has 1 fully saturated rings. The van der Waals surface area contributed by atoms with E-state index in [9.17, 15) is 4.79 Å². The van der Waals surface area contributed by atoms with Gasteiger partial charge in [0.2, 0.25) is 0 Å². The van der Waals surface area contributed by atoms with Crippen molar-refractivity contribution in [3.63, 3.8) is 0 Å². The molecule has 1 heterocycles. The monoisotopic (exact) mass is 442 g/mol. The largest absolute Gasteiger partial charge is 0.493 e. The van der Waals surface area contributed by atoms with E-state index in [0.29, 0.717) is 28.9 Å². The molecule has 1 aliphatic rings. The van der Waals surface area contributed by atoms with Crippen LogP contribution in [0.5, 0.6) is 11.5 Å². The van der Waals surface area contributed by atoms with Crippen LogP contribution < -0.4 is 20.1 Å². The summed E-state index contributed by atoms with van der Waals surface area (Å²) in [5.74, 6) is 0.178. The predicted octanol–water partition coefficient (Wildman–Crippen LogP) is 3.46. The Morgan fingerprint density at radius 3 is 2.69 bits per heavy atom. The molecular formula is C18H23BrN2O4S. The molecule has 0 bridgehead atoms. The zero-order chi connectivity index (χ0) is 19.3. The number of esters is 1. The first-order valence-electron chi connectivity index (χ1n) is 8.27. The molecule has 2 rings (SSSR count). The normalized spacial score (nSPS) is 19.4. The Labute approximate surface area is 167 Å². The highest BCUT2D eigenvalue weighted by Gasteiger charge is 2.38. The van der Waals surface area contributed by atoms with Crippen LogP contribution in [0.25, 0.3) is 0 Å². The number of carbonyl (C=O) groups is 1. The first-order valence-corrected chi connectivity index (χ1v) is 9.47. The summed E-state index contributed by atoms with van der Waals surface area (Å²) in [5.41, 5.74) is 1.28. The van der Waals surface area contributed by atoms with Crippen LogP contribution in [0.4, 0.5) is 0 Å². The van der Waals surface area contributed by atoms with Gasteiger partial charge in [-0.3, -0.25) is 4.79 Å². The predicted molar refractivity (Wildman–Crippen MR) is 107 cm³/mol. The topological polar surface area (TPSA) is 68.8 Å². The van der Waals surface area contributed by atoms with Crippen molar-refractivity contribution in [1.82, 2.24) is 10.6 Å². The fraction of sp³-hybridized carbons (Fsp3) is 0.444. The highest BCUT2D eigenvalue weighted by atomic mass is 79.9. The SMILES string of the molecule is C=C1NC(=S)N[C@@H](c2cc(OC)c(OCCCC)cc2Br)[C@@H]1C(=O)OC. The Kier molecular flexibility index (Phi) is 7.28. The van der Waals surface area contributed by atoms with Crippen molar-refractivity contribution in [2.45, 2.75) is 25.8 Å². The quantitative estimate of drug-likeness (QED) is 0.380. The zero-order valence-electron chi connectivity index (χ0n) is 15.1. The minimum Gasteiger partial charge on any atom is -0.493 e. The van der Waals surface area contributed by atoms with Gasteiger partial charge in [0.25, 0.3) is 0 Å². The standard InChI is InChI=1S/C18H23BrN2O4S/c1-5-6-7-25-14-9-12(19)11(8-13(14)23-3)16-15(17(22)24-4)10(2)20-18(26)21-16/h8-9,15-16H,2,5-7H2,1,3-4H3,(H2,20,21,26)/t15-,16+/m1/s1. The first kappa shape index (κ1) is 20.5. The lowest BCUT2D eigenvalue weighted by atomic mass is 9.89. The van der Waals surface area contributed by atoms with Gasteiger partial charge in [0.05, 0.1) is 26.9 Å². The van der Waals surface area contributed by atoms with Crippen LogP contribution in [0.3, 0.4) is 0 Å². The van der Waals surface area contributed by atoms with E-state index in [0.717, 1.165) is 22.9 Å². The van der Waals surface area contributed by atoms with Gasteiger partial charge >= 0.3 is 5.97 Å². The second-order valence-electron chi connectivity index (χ2n) is 5.83. The summed E-state index contributed by atoms with van der Waals surface area (Å²) in [5, 5.41) is 6.41. The molecule has 0 unspecified atom stereocenters. The fourth-order valence-electron chi connectivity index (χ4n) is 2.74. The maximum absolute atomic E-state index is 12.3. The Morgan fingerprint density at radius 1 is 1.35 bits per heavy atom. The van der Waals surface area contributed by atoms with E-state index in [1.807, 2.05) is 12.1 Å². The number of carbonyl (C=O) groups excluding carboxylic acids is 1. The number of halogens is 1. The molecule has 1 saturated heterocycles. The number of thiocarbonyl (C=S) groups is 1. The molecule has 26 heavy (non-hydrogen) atoms. The molecule has 0 aromatic heterocycles. The average molecular weight is 443 g/mol. The number of hydrogen-bond acceptors (Lipinski definition) is 5. The van der Waals surface area contributed by atoms with Crippen molar-refractivity contribution >= 4 is 39.2 Å². The zero-order valence-corrected chi connectivity index (χ0v) is 17.5. The molecule has 0 amide bonds. The highest BCUT2D eigenvalue weighted by molar-refractivity contribution is 9.10. The summed E-state index contributed by atoms with van der Waals surface area (Å²) in [6, 6.07) is 3.23. The van der Waals surface area contributed by atoms with E-state index in [1.54, 1.807) is 7.11 Å². The van der Waals surface area contributed by atoms with Crippen molar-refractivity contribution in [1.29, 1.82) is 0 Å². The van der Waals surface area contributed by atoms with Crippen molar-refractivity contribution in [3.8, 4) is 11.5 Å². The molecule has 2 atom stereocenters. The maximum Gasteiger partial charge on any atom is 0.317 e. The van der Waals surface area contributed by atoms with Crippen molar-refractivity contribution in [2.75, 3.05) is 20.8 Å². The second-order valence-corrected chi connectivity index (χ2v) is 7.09. The van der Waals surface area contributed by atoms with E-state index < -0.39 is 17.9 Å². The number of ether oxygens (including phenoxy) is 3. The number of unbranched alkanes of at least 4 members (excludes halogenated alkanes) is 1. The van der Waals surface area contributed by atoms with Gasteiger partial charge in [-0.05, 0) is 36.3 Å². The number of benzene rings is 1. The number of rotatable bonds is 7. The molecular weight excluding hydrogens is 420 g/mol. The molecule has 1 aromatic rings. The van der Waals surface area contributed by atoms with Gasteiger partial charge in [0.1, 0.15) is 5.92 Å². The lowest BCUT2D eigenvalue weighted by Gasteiger charge is -2.35. The fourth-order valence-corrected chi connectivity index (χ4v) is 3.56. The molecule has 2 N–H and O–H groups in total. The van der Waals surface area contributed by atoms with Gasteiger partial charge in [-0.2, -0.15) is 0 Å². The third kappa shape index (κ3) is 4.48. The molecule has 0 spiro atoms. The first-order chi connectivity index (χ1) is 12.4. The summed E-state index contributed by atoms with van der Waals surface area (Å²) in [4.78, 5) is 12.3.